The lowest BCUT2D eigenvalue weighted by atomic mass is 9.84. The lowest BCUT2D eigenvalue weighted by Gasteiger charge is -2.44. The molecule has 1 unspecified atom stereocenters. The smallest absolute Gasteiger partial charge is 0.407 e. The van der Waals surface area contributed by atoms with Crippen molar-refractivity contribution in [1.29, 1.82) is 0 Å². The van der Waals surface area contributed by atoms with Crippen molar-refractivity contribution >= 4 is 6.09 Å². The van der Waals surface area contributed by atoms with Crippen LogP contribution in [0.3, 0.4) is 0 Å². The second-order valence-electron chi connectivity index (χ2n) is 3.88. The van der Waals surface area contributed by atoms with Gasteiger partial charge in [0.15, 0.2) is 0 Å². The van der Waals surface area contributed by atoms with E-state index in [1.807, 2.05) is 0 Å². The van der Waals surface area contributed by atoms with E-state index in [0.29, 0.717) is 12.0 Å². The number of alkyl carbamates (subject to hydrolysis) is 1. The third-order valence-corrected chi connectivity index (χ3v) is 3.14. The zero-order chi connectivity index (χ0) is 9.26. The second-order valence-corrected chi connectivity index (χ2v) is 3.88. The molecule has 0 aromatic carbocycles. The number of carbonyl (C=O) groups is 1. The highest BCUT2D eigenvalue weighted by Gasteiger charge is 2.34. The number of nitrogens with one attached hydrogen (secondary N) is 1. The van der Waals surface area contributed by atoms with E-state index in [-0.39, 0.29) is 6.09 Å². The number of hydrogen-bond acceptors (Lipinski definition) is 3. The summed E-state index contributed by atoms with van der Waals surface area (Å²) in [6.07, 6.45) is 2.14. The first-order valence-electron chi connectivity index (χ1n) is 4.86. The molecule has 0 spiro atoms. The molecule has 74 valence electrons. The number of methoxy groups -OCH3 is 1. The Labute approximate surface area is 78.2 Å². The van der Waals surface area contributed by atoms with Gasteiger partial charge in [-0.05, 0) is 31.8 Å². The fourth-order valence-electron chi connectivity index (χ4n) is 2.34. The van der Waals surface area contributed by atoms with Crippen molar-refractivity contribution in [2.45, 2.75) is 18.9 Å². The number of amides is 1. The molecule has 4 nitrogen and oxygen atoms in total. The Morgan fingerprint density at radius 2 is 2.15 bits per heavy atom. The third kappa shape index (κ3) is 1.77. The normalized spacial score (nSPS) is 37.2. The van der Waals surface area contributed by atoms with Gasteiger partial charge in [0.2, 0.25) is 0 Å². The quantitative estimate of drug-likeness (QED) is 0.643. The summed E-state index contributed by atoms with van der Waals surface area (Å²) in [7, 11) is 1.41. The molecule has 3 aliphatic heterocycles. The van der Waals surface area contributed by atoms with Crippen molar-refractivity contribution in [1.82, 2.24) is 10.2 Å². The van der Waals surface area contributed by atoms with Crippen LogP contribution in [-0.4, -0.2) is 43.8 Å². The van der Waals surface area contributed by atoms with Gasteiger partial charge < -0.3 is 15.0 Å². The molecule has 3 fully saturated rings. The maximum Gasteiger partial charge on any atom is 0.407 e. The zero-order valence-electron chi connectivity index (χ0n) is 7.95. The van der Waals surface area contributed by atoms with Gasteiger partial charge in [-0.15, -0.1) is 0 Å². The van der Waals surface area contributed by atoms with Crippen LogP contribution in [0.5, 0.6) is 0 Å². The fourth-order valence-corrected chi connectivity index (χ4v) is 2.34. The van der Waals surface area contributed by atoms with Crippen molar-refractivity contribution in [3.05, 3.63) is 0 Å². The minimum absolute atomic E-state index is 0.293. The van der Waals surface area contributed by atoms with Crippen LogP contribution in [0.25, 0.3) is 0 Å². The molecular formula is C9H16N2O2. The predicted octanol–water partition coefficient (Wildman–Crippen LogP) is 0.437. The summed E-state index contributed by atoms with van der Waals surface area (Å²) in [5.41, 5.74) is 0. The van der Waals surface area contributed by atoms with E-state index in [0.717, 1.165) is 6.54 Å². The Balaban J connectivity index is 1.90. The molecule has 3 heterocycles. The standard InChI is InChI=1S/C9H16N2O2/c1-13-9(12)10-8-6-11-4-2-7(8)3-5-11/h7-8H,2-6H2,1H3,(H,10,12). The van der Waals surface area contributed by atoms with E-state index in [1.54, 1.807) is 0 Å². The number of ether oxygens (including phenoxy) is 1. The number of rotatable bonds is 1. The zero-order valence-corrected chi connectivity index (χ0v) is 7.95. The largest absolute Gasteiger partial charge is 0.453 e. The minimum Gasteiger partial charge on any atom is -0.453 e. The Hall–Kier alpha value is -0.770. The number of hydrogen-bond donors (Lipinski definition) is 1. The Morgan fingerprint density at radius 3 is 2.62 bits per heavy atom. The first kappa shape index (κ1) is 8.81. The summed E-state index contributed by atoms with van der Waals surface area (Å²) in [5.74, 6) is 0.670. The summed E-state index contributed by atoms with van der Waals surface area (Å²) < 4.78 is 4.59. The molecule has 3 aliphatic rings. The number of piperidine rings is 3. The third-order valence-electron chi connectivity index (χ3n) is 3.14. The van der Waals surface area contributed by atoms with Crippen molar-refractivity contribution in [3.63, 3.8) is 0 Å². The number of carbonyl (C=O) groups excluding carboxylic acids is 1. The molecule has 0 saturated carbocycles. The molecule has 3 rings (SSSR count). The molecule has 3 saturated heterocycles. The van der Waals surface area contributed by atoms with Gasteiger partial charge in [0.05, 0.1) is 7.11 Å². The van der Waals surface area contributed by atoms with Gasteiger partial charge in [0, 0.05) is 12.6 Å². The van der Waals surface area contributed by atoms with Crippen molar-refractivity contribution in [2.75, 3.05) is 26.7 Å². The van der Waals surface area contributed by atoms with Gasteiger partial charge in [-0.1, -0.05) is 0 Å². The van der Waals surface area contributed by atoms with E-state index >= 15 is 0 Å². The number of nitrogens with zero attached hydrogens (tertiary/aromatic N) is 1. The van der Waals surface area contributed by atoms with Crippen LogP contribution >= 0.6 is 0 Å². The summed E-state index contributed by atoms with van der Waals surface area (Å²) in [5, 5.41) is 2.90. The molecule has 4 heteroatoms. The molecule has 0 aromatic rings. The lowest BCUT2D eigenvalue weighted by molar-refractivity contribution is 0.0689. The summed E-state index contributed by atoms with van der Waals surface area (Å²) in [6.45, 7) is 3.40. The van der Waals surface area contributed by atoms with Crippen LogP contribution in [0, 0.1) is 5.92 Å². The SMILES string of the molecule is COC(=O)NC1CN2CCC1CC2. The second kappa shape index (κ2) is 3.54. The molecule has 1 atom stereocenters. The summed E-state index contributed by atoms with van der Waals surface area (Å²) >= 11 is 0. The molecular weight excluding hydrogens is 168 g/mol. The van der Waals surface area contributed by atoms with Gasteiger partial charge in [-0.2, -0.15) is 0 Å². The molecule has 1 amide bonds. The van der Waals surface area contributed by atoms with Gasteiger partial charge in [-0.25, -0.2) is 4.79 Å². The van der Waals surface area contributed by atoms with Crippen LogP contribution in [0.4, 0.5) is 4.79 Å². The van der Waals surface area contributed by atoms with E-state index in [9.17, 15) is 4.79 Å². The average molecular weight is 184 g/mol. The van der Waals surface area contributed by atoms with Gasteiger partial charge >= 0.3 is 6.09 Å². The Morgan fingerprint density at radius 1 is 1.46 bits per heavy atom. The van der Waals surface area contributed by atoms with Crippen LogP contribution in [-0.2, 0) is 4.74 Å². The highest BCUT2D eigenvalue weighted by Crippen LogP contribution is 2.27. The highest BCUT2D eigenvalue weighted by molar-refractivity contribution is 5.67. The summed E-state index contributed by atoms with van der Waals surface area (Å²) in [4.78, 5) is 13.4. The maximum atomic E-state index is 11.0. The van der Waals surface area contributed by atoms with Crippen LogP contribution in [0.15, 0.2) is 0 Å². The van der Waals surface area contributed by atoms with E-state index in [2.05, 4.69) is 15.0 Å². The Kier molecular flexibility index (Phi) is 2.40. The maximum absolute atomic E-state index is 11.0. The van der Waals surface area contributed by atoms with Gasteiger partial charge in [0.25, 0.3) is 0 Å². The lowest BCUT2D eigenvalue weighted by Crippen LogP contribution is -2.57. The topological polar surface area (TPSA) is 41.6 Å². The molecule has 2 bridgehead atoms. The van der Waals surface area contributed by atoms with Crippen molar-refractivity contribution in [3.8, 4) is 0 Å². The van der Waals surface area contributed by atoms with E-state index < -0.39 is 0 Å². The molecule has 0 radical (unpaired) electrons. The van der Waals surface area contributed by atoms with Crippen LogP contribution in [0.2, 0.25) is 0 Å². The minimum atomic E-state index is -0.293. The Bertz CT molecular complexity index is 200. The predicted molar refractivity (Wildman–Crippen MR) is 48.5 cm³/mol. The van der Waals surface area contributed by atoms with Gasteiger partial charge in [0.1, 0.15) is 0 Å². The van der Waals surface area contributed by atoms with Crippen molar-refractivity contribution in [2.24, 2.45) is 5.92 Å². The summed E-state index contributed by atoms with van der Waals surface area (Å²) in [6, 6.07) is 0.315. The molecule has 0 aromatic heterocycles. The molecule has 13 heavy (non-hydrogen) atoms. The number of fused-ring (bicyclic) bond motifs is 3. The van der Waals surface area contributed by atoms with E-state index in [4.69, 9.17) is 0 Å². The molecule has 0 aliphatic carbocycles. The highest BCUT2D eigenvalue weighted by atomic mass is 16.5. The van der Waals surface area contributed by atoms with E-state index in [1.165, 1.54) is 33.0 Å². The van der Waals surface area contributed by atoms with Gasteiger partial charge in [-0.3, -0.25) is 0 Å². The first-order chi connectivity index (χ1) is 6.29. The van der Waals surface area contributed by atoms with Crippen LogP contribution in [0.1, 0.15) is 12.8 Å². The molecule has 1 N–H and O–H groups in total. The fraction of sp³-hybridized carbons (Fsp3) is 0.889. The average Bonchev–Trinajstić information content (AvgIpc) is 2.19. The van der Waals surface area contributed by atoms with Crippen LogP contribution < -0.4 is 5.32 Å². The van der Waals surface area contributed by atoms with Crippen molar-refractivity contribution < 1.29 is 9.53 Å². The monoisotopic (exact) mass is 184 g/mol. The first-order valence-corrected chi connectivity index (χ1v) is 4.86.